The van der Waals surface area contributed by atoms with Crippen LogP contribution in [0.25, 0.3) is 11.0 Å². The fourth-order valence-electron chi connectivity index (χ4n) is 2.36. The second-order valence-corrected chi connectivity index (χ2v) is 5.49. The molecule has 0 aliphatic rings. The Kier molecular flexibility index (Phi) is 7.18. The molecule has 12 nitrogen and oxygen atoms in total. The fraction of sp³-hybridized carbons (Fsp3) is 0.176. The quantitative estimate of drug-likeness (QED) is 0.439. The Hall–Kier alpha value is -4.22. The highest BCUT2D eigenvalue weighted by Crippen LogP contribution is 2.22. The lowest BCUT2D eigenvalue weighted by atomic mass is 10.1. The van der Waals surface area contributed by atoms with Gasteiger partial charge in [-0.05, 0) is 12.1 Å². The number of benzene rings is 2. The lowest BCUT2D eigenvalue weighted by Gasteiger charge is -2.03. The normalized spacial score (nSPS) is 9.72. The summed E-state index contributed by atoms with van der Waals surface area (Å²) in [5.41, 5.74) is 0.934. The molecule has 0 aliphatic carbocycles. The van der Waals surface area contributed by atoms with Crippen molar-refractivity contribution in [3.05, 3.63) is 72.7 Å². The van der Waals surface area contributed by atoms with Gasteiger partial charge in [-0.1, -0.05) is 7.43 Å². The highest BCUT2D eigenvalue weighted by molar-refractivity contribution is 5.94. The number of aromatic nitrogens is 2. The third-order valence-electron chi connectivity index (χ3n) is 3.81. The van der Waals surface area contributed by atoms with Crippen molar-refractivity contribution in [2.24, 2.45) is 7.05 Å². The van der Waals surface area contributed by atoms with Gasteiger partial charge in [0.2, 0.25) is 0 Å². The van der Waals surface area contributed by atoms with E-state index in [2.05, 4.69) is 10.3 Å². The lowest BCUT2D eigenvalue weighted by molar-refractivity contribution is -0.384. The minimum absolute atomic E-state index is 0. The number of hydrogen-bond donors (Lipinski definition) is 3. The van der Waals surface area contributed by atoms with Gasteiger partial charge in [0.1, 0.15) is 0 Å². The zero-order chi connectivity index (χ0) is 21.0. The first kappa shape index (κ1) is 22.8. The Morgan fingerprint density at radius 3 is 2.17 bits per heavy atom. The number of fused-ring (bicyclic) bond motifs is 1. The van der Waals surface area contributed by atoms with Crippen LogP contribution in [0.3, 0.4) is 0 Å². The Morgan fingerprint density at radius 1 is 1.10 bits per heavy atom. The van der Waals surface area contributed by atoms with Gasteiger partial charge in [0.05, 0.1) is 32.1 Å². The summed E-state index contributed by atoms with van der Waals surface area (Å²) in [6.45, 7) is 0. The van der Waals surface area contributed by atoms with Crippen LogP contribution in [0.4, 0.5) is 17.1 Å². The van der Waals surface area contributed by atoms with Crippen molar-refractivity contribution < 1.29 is 19.7 Å². The van der Waals surface area contributed by atoms with E-state index in [9.17, 15) is 29.8 Å². The summed E-state index contributed by atoms with van der Waals surface area (Å²) in [6.07, 6.45) is 0. The number of rotatable bonds is 4. The van der Waals surface area contributed by atoms with Gasteiger partial charge in [0, 0.05) is 38.4 Å². The number of carbonyl (C=O) groups is 1. The summed E-state index contributed by atoms with van der Waals surface area (Å²) in [7, 11) is 3.07. The molecule has 0 fully saturated rings. The number of nitrogens with one attached hydrogen (secondary N) is 2. The smallest absolute Gasteiger partial charge is 0.337 e. The summed E-state index contributed by atoms with van der Waals surface area (Å²) in [5, 5.41) is 32.2. The SMILES string of the molecule is C.CNc1cc([N+](=O)[O-])ccc1C(=O)O.Cn1c(=O)[nH]c2ccc([N+](=O)[O-])cc21. The van der Waals surface area contributed by atoms with E-state index in [0.29, 0.717) is 11.0 Å². The summed E-state index contributed by atoms with van der Waals surface area (Å²) in [6, 6.07) is 7.79. The van der Waals surface area contributed by atoms with Crippen LogP contribution in [0, 0.1) is 20.2 Å². The number of nitro groups is 2. The minimum Gasteiger partial charge on any atom is -0.478 e. The fourth-order valence-corrected chi connectivity index (χ4v) is 2.36. The standard InChI is InChI=1S/C8H7N3O3.C8H8N2O4.CH4/c1-10-7-4-5(11(13)14)2-3-6(7)9-8(10)12;1-9-7-4-5(10(13)14)2-3-6(7)8(11)12;/h2-4H,1H3,(H,9,12);2-4,9H,1H3,(H,11,12);1H4. The first-order valence-corrected chi connectivity index (χ1v) is 7.68. The zero-order valence-corrected chi connectivity index (χ0v) is 14.7. The predicted molar refractivity (Wildman–Crippen MR) is 107 cm³/mol. The summed E-state index contributed by atoms with van der Waals surface area (Å²) in [5.74, 6) is -1.12. The first-order valence-electron chi connectivity index (χ1n) is 7.68. The molecule has 0 bridgehead atoms. The maximum absolute atomic E-state index is 11.2. The first-order chi connectivity index (χ1) is 13.1. The highest BCUT2D eigenvalue weighted by atomic mass is 16.6. The molecule has 2 aromatic carbocycles. The Morgan fingerprint density at radius 2 is 1.66 bits per heavy atom. The van der Waals surface area contributed by atoms with Gasteiger partial charge in [-0.3, -0.25) is 24.8 Å². The molecule has 1 heterocycles. The molecule has 29 heavy (non-hydrogen) atoms. The number of nitrogens with zero attached hydrogens (tertiary/aromatic N) is 3. The number of aromatic carboxylic acids is 1. The van der Waals surface area contributed by atoms with Crippen LogP contribution >= 0.6 is 0 Å². The second-order valence-electron chi connectivity index (χ2n) is 5.49. The molecular weight excluding hydrogens is 386 g/mol. The van der Waals surface area contributed by atoms with Crippen molar-refractivity contribution in [3.63, 3.8) is 0 Å². The largest absolute Gasteiger partial charge is 0.478 e. The van der Waals surface area contributed by atoms with Crippen LogP contribution in [-0.2, 0) is 7.05 Å². The monoisotopic (exact) mass is 405 g/mol. The van der Waals surface area contributed by atoms with Gasteiger partial charge in [0.25, 0.3) is 11.4 Å². The van der Waals surface area contributed by atoms with Crippen LogP contribution in [-0.4, -0.2) is 37.5 Å². The summed E-state index contributed by atoms with van der Waals surface area (Å²) >= 11 is 0. The topological polar surface area (TPSA) is 173 Å². The van der Waals surface area contributed by atoms with Crippen molar-refractivity contribution >= 4 is 34.1 Å². The number of hydrogen-bond acceptors (Lipinski definition) is 7. The molecule has 3 rings (SSSR count). The van der Waals surface area contributed by atoms with E-state index in [1.165, 1.54) is 41.9 Å². The number of aryl methyl sites for hydroxylation is 1. The van der Waals surface area contributed by atoms with Gasteiger partial charge in [-0.15, -0.1) is 0 Å². The number of H-pyrrole nitrogens is 1. The average molecular weight is 405 g/mol. The van der Waals surface area contributed by atoms with Crippen LogP contribution in [0.1, 0.15) is 17.8 Å². The van der Waals surface area contributed by atoms with E-state index in [1.54, 1.807) is 7.05 Å². The molecule has 154 valence electrons. The minimum atomic E-state index is -1.12. The zero-order valence-electron chi connectivity index (χ0n) is 14.7. The van der Waals surface area contributed by atoms with Crippen LogP contribution in [0.2, 0.25) is 0 Å². The van der Waals surface area contributed by atoms with Crippen molar-refractivity contribution in [3.8, 4) is 0 Å². The number of imidazole rings is 1. The molecule has 0 saturated heterocycles. The molecule has 0 aliphatic heterocycles. The van der Waals surface area contributed by atoms with E-state index in [-0.39, 0.29) is 35.7 Å². The van der Waals surface area contributed by atoms with Gasteiger partial charge < -0.3 is 15.4 Å². The number of carboxylic acid groups (broad SMARTS) is 1. The molecule has 12 heteroatoms. The van der Waals surface area contributed by atoms with Crippen molar-refractivity contribution in [2.45, 2.75) is 7.43 Å². The maximum atomic E-state index is 11.2. The van der Waals surface area contributed by atoms with Crippen molar-refractivity contribution in [2.75, 3.05) is 12.4 Å². The van der Waals surface area contributed by atoms with Crippen LogP contribution in [0.15, 0.2) is 41.2 Å². The molecule has 0 radical (unpaired) electrons. The number of aromatic amines is 1. The van der Waals surface area contributed by atoms with E-state index in [4.69, 9.17) is 5.11 Å². The van der Waals surface area contributed by atoms with Gasteiger partial charge in [0.15, 0.2) is 0 Å². The van der Waals surface area contributed by atoms with Crippen molar-refractivity contribution in [1.82, 2.24) is 9.55 Å². The Bertz CT molecular complexity index is 1130. The number of carboxylic acids is 1. The summed E-state index contributed by atoms with van der Waals surface area (Å²) in [4.78, 5) is 44.2. The van der Waals surface area contributed by atoms with E-state index in [1.807, 2.05) is 0 Å². The molecule has 0 spiro atoms. The number of anilines is 1. The molecule has 0 amide bonds. The molecule has 3 aromatic rings. The molecule has 1 aromatic heterocycles. The number of nitro benzene ring substituents is 2. The van der Waals surface area contributed by atoms with E-state index < -0.39 is 15.8 Å². The highest BCUT2D eigenvalue weighted by Gasteiger charge is 2.14. The van der Waals surface area contributed by atoms with Crippen molar-refractivity contribution in [1.29, 1.82) is 0 Å². The molecule has 0 saturated carbocycles. The van der Waals surface area contributed by atoms with Gasteiger partial charge in [-0.25, -0.2) is 9.59 Å². The van der Waals surface area contributed by atoms with Crippen LogP contribution in [0.5, 0.6) is 0 Å². The number of non-ortho nitro benzene ring substituents is 2. The predicted octanol–water partition coefficient (Wildman–Crippen LogP) is 2.75. The van der Waals surface area contributed by atoms with Gasteiger partial charge >= 0.3 is 11.7 Å². The molecule has 0 unspecified atom stereocenters. The second kappa shape index (κ2) is 9.12. The lowest BCUT2D eigenvalue weighted by Crippen LogP contribution is -2.11. The third-order valence-corrected chi connectivity index (χ3v) is 3.81. The maximum Gasteiger partial charge on any atom is 0.337 e. The van der Waals surface area contributed by atoms with Crippen LogP contribution < -0.4 is 11.0 Å². The molecular formula is C17H19N5O7. The van der Waals surface area contributed by atoms with E-state index >= 15 is 0 Å². The summed E-state index contributed by atoms with van der Waals surface area (Å²) < 4.78 is 1.34. The Balaban J connectivity index is 0.000000280. The molecule has 0 atom stereocenters. The molecule has 3 N–H and O–H groups in total. The average Bonchev–Trinajstić information content (AvgIpc) is 2.95. The van der Waals surface area contributed by atoms with E-state index in [0.717, 1.165) is 6.07 Å². The Labute approximate surface area is 163 Å². The third kappa shape index (κ3) is 4.94. The van der Waals surface area contributed by atoms with Gasteiger partial charge in [-0.2, -0.15) is 0 Å².